The minimum absolute atomic E-state index is 0.791. The molecule has 0 bridgehead atoms. The molecule has 0 N–H and O–H groups in total. The standard InChI is InChI=1S/C17H14N/c1-2-13-7-3-4-10-15(13)16-11-5-8-14-9-6-12-18-17(14)16/h3-12H,1-2H2. The molecule has 0 spiro atoms. The van der Waals surface area contributed by atoms with Gasteiger partial charge in [-0.2, -0.15) is 0 Å². The van der Waals surface area contributed by atoms with Gasteiger partial charge in [-0.05, 0) is 30.5 Å². The van der Waals surface area contributed by atoms with Gasteiger partial charge in [0.05, 0.1) is 5.52 Å². The maximum absolute atomic E-state index is 4.51. The molecule has 3 aromatic rings. The van der Waals surface area contributed by atoms with Gasteiger partial charge in [0.15, 0.2) is 0 Å². The highest BCUT2D eigenvalue weighted by atomic mass is 14.6. The molecule has 3 rings (SSSR count). The number of para-hydroxylation sites is 1. The molecule has 0 saturated heterocycles. The van der Waals surface area contributed by atoms with Gasteiger partial charge < -0.3 is 0 Å². The van der Waals surface area contributed by atoms with Crippen molar-refractivity contribution in [3.63, 3.8) is 0 Å². The fraction of sp³-hybridized carbons (Fsp3) is 0.0588. The average molecular weight is 232 g/mol. The molecule has 0 fully saturated rings. The van der Waals surface area contributed by atoms with Gasteiger partial charge in [0.2, 0.25) is 0 Å². The Kier molecular flexibility index (Phi) is 2.81. The lowest BCUT2D eigenvalue weighted by molar-refractivity contribution is 1.27. The largest absolute Gasteiger partial charge is 0.256 e. The van der Waals surface area contributed by atoms with Crippen molar-refractivity contribution in [1.82, 2.24) is 4.98 Å². The van der Waals surface area contributed by atoms with Crippen molar-refractivity contribution in [1.29, 1.82) is 0 Å². The minimum Gasteiger partial charge on any atom is -0.256 e. The quantitative estimate of drug-likeness (QED) is 0.642. The Morgan fingerprint density at radius 1 is 0.833 bits per heavy atom. The number of rotatable bonds is 2. The Balaban J connectivity index is 2.32. The van der Waals surface area contributed by atoms with Crippen molar-refractivity contribution < 1.29 is 0 Å². The third kappa shape index (κ3) is 1.78. The van der Waals surface area contributed by atoms with Crippen molar-refractivity contribution in [2.24, 2.45) is 0 Å². The molecule has 1 heterocycles. The van der Waals surface area contributed by atoms with Crippen LogP contribution in [0.25, 0.3) is 22.0 Å². The Morgan fingerprint density at radius 3 is 2.50 bits per heavy atom. The number of fused-ring (bicyclic) bond motifs is 1. The van der Waals surface area contributed by atoms with E-state index in [4.69, 9.17) is 0 Å². The number of nitrogens with zero attached hydrogens (tertiary/aromatic N) is 1. The number of benzene rings is 2. The molecule has 0 amide bonds. The van der Waals surface area contributed by atoms with Crippen molar-refractivity contribution in [3.05, 3.63) is 73.3 Å². The third-order valence-corrected chi connectivity index (χ3v) is 3.21. The van der Waals surface area contributed by atoms with E-state index in [1.807, 2.05) is 12.3 Å². The van der Waals surface area contributed by atoms with E-state index >= 15 is 0 Å². The van der Waals surface area contributed by atoms with Crippen LogP contribution in [0.1, 0.15) is 5.56 Å². The molecule has 0 atom stereocenters. The first-order valence-corrected chi connectivity index (χ1v) is 6.11. The Morgan fingerprint density at radius 2 is 1.61 bits per heavy atom. The van der Waals surface area contributed by atoms with Gasteiger partial charge in [-0.1, -0.05) is 48.5 Å². The Bertz CT molecular complexity index is 681. The van der Waals surface area contributed by atoms with Crippen LogP contribution in [0, 0.1) is 6.92 Å². The maximum Gasteiger partial charge on any atom is 0.0780 e. The Labute approximate surface area is 107 Å². The fourth-order valence-electron chi connectivity index (χ4n) is 2.32. The van der Waals surface area contributed by atoms with Gasteiger partial charge in [0.1, 0.15) is 0 Å². The maximum atomic E-state index is 4.51. The second-order valence-electron chi connectivity index (χ2n) is 4.29. The predicted octanol–water partition coefficient (Wildman–Crippen LogP) is 4.28. The van der Waals surface area contributed by atoms with Crippen LogP contribution in [-0.2, 0) is 6.42 Å². The van der Waals surface area contributed by atoms with E-state index in [0.29, 0.717) is 0 Å². The molecule has 87 valence electrons. The van der Waals surface area contributed by atoms with Crippen LogP contribution >= 0.6 is 0 Å². The molecule has 0 aliphatic heterocycles. The van der Waals surface area contributed by atoms with Crippen LogP contribution in [0.3, 0.4) is 0 Å². The van der Waals surface area contributed by atoms with Gasteiger partial charge in [0, 0.05) is 17.1 Å². The van der Waals surface area contributed by atoms with E-state index in [2.05, 4.69) is 60.4 Å². The molecule has 1 heteroatoms. The van der Waals surface area contributed by atoms with Crippen molar-refractivity contribution >= 4 is 10.9 Å². The highest BCUT2D eigenvalue weighted by Crippen LogP contribution is 2.29. The summed E-state index contributed by atoms with van der Waals surface area (Å²) >= 11 is 0. The molecule has 0 unspecified atom stereocenters. The topological polar surface area (TPSA) is 12.9 Å². The summed E-state index contributed by atoms with van der Waals surface area (Å²) in [6.45, 7) is 4.00. The lowest BCUT2D eigenvalue weighted by atomic mass is 9.96. The van der Waals surface area contributed by atoms with Crippen LogP contribution in [0.15, 0.2) is 60.8 Å². The number of pyridine rings is 1. The third-order valence-electron chi connectivity index (χ3n) is 3.21. The van der Waals surface area contributed by atoms with Crippen LogP contribution in [-0.4, -0.2) is 4.98 Å². The first kappa shape index (κ1) is 11.0. The molecule has 1 aromatic heterocycles. The summed E-state index contributed by atoms with van der Waals surface area (Å²) < 4.78 is 0. The van der Waals surface area contributed by atoms with Crippen molar-refractivity contribution in [2.45, 2.75) is 6.42 Å². The van der Waals surface area contributed by atoms with E-state index in [-0.39, 0.29) is 0 Å². The molecule has 0 aliphatic carbocycles. The van der Waals surface area contributed by atoms with Gasteiger partial charge in [0.25, 0.3) is 0 Å². The molecular formula is C17H14N. The summed E-state index contributed by atoms with van der Waals surface area (Å²) in [5.74, 6) is 0. The lowest BCUT2D eigenvalue weighted by Gasteiger charge is -2.10. The summed E-state index contributed by atoms with van der Waals surface area (Å²) in [4.78, 5) is 4.51. The molecule has 1 radical (unpaired) electrons. The van der Waals surface area contributed by atoms with Gasteiger partial charge in [-0.3, -0.25) is 4.98 Å². The minimum atomic E-state index is 0.791. The predicted molar refractivity (Wildman–Crippen MR) is 76.2 cm³/mol. The van der Waals surface area contributed by atoms with E-state index in [9.17, 15) is 0 Å². The highest BCUT2D eigenvalue weighted by Gasteiger charge is 2.07. The van der Waals surface area contributed by atoms with E-state index in [0.717, 1.165) is 11.9 Å². The molecule has 0 aliphatic rings. The van der Waals surface area contributed by atoms with Gasteiger partial charge in [-0.25, -0.2) is 0 Å². The summed E-state index contributed by atoms with van der Waals surface area (Å²) in [5.41, 5.74) is 4.74. The zero-order chi connectivity index (χ0) is 12.4. The number of hydrogen-bond acceptors (Lipinski definition) is 1. The molecular weight excluding hydrogens is 218 g/mol. The SMILES string of the molecule is [CH2]Cc1ccccc1-c1cccc2cccnc12. The first-order valence-electron chi connectivity index (χ1n) is 6.11. The average Bonchev–Trinajstić information content (AvgIpc) is 2.46. The van der Waals surface area contributed by atoms with Crippen LogP contribution in [0.2, 0.25) is 0 Å². The first-order chi connectivity index (χ1) is 8.90. The van der Waals surface area contributed by atoms with Crippen LogP contribution in [0.4, 0.5) is 0 Å². The zero-order valence-corrected chi connectivity index (χ0v) is 10.1. The van der Waals surface area contributed by atoms with Crippen LogP contribution < -0.4 is 0 Å². The highest BCUT2D eigenvalue weighted by molar-refractivity contribution is 5.94. The Hall–Kier alpha value is -2.15. The van der Waals surface area contributed by atoms with E-state index < -0.39 is 0 Å². The normalized spacial score (nSPS) is 10.7. The molecule has 2 aromatic carbocycles. The summed E-state index contributed by atoms with van der Waals surface area (Å²) in [7, 11) is 0. The zero-order valence-electron chi connectivity index (χ0n) is 10.1. The monoisotopic (exact) mass is 232 g/mol. The van der Waals surface area contributed by atoms with E-state index in [1.165, 1.54) is 22.1 Å². The second-order valence-corrected chi connectivity index (χ2v) is 4.29. The van der Waals surface area contributed by atoms with Crippen molar-refractivity contribution in [3.8, 4) is 11.1 Å². The molecule has 18 heavy (non-hydrogen) atoms. The van der Waals surface area contributed by atoms with Gasteiger partial charge in [-0.15, -0.1) is 0 Å². The smallest absolute Gasteiger partial charge is 0.0780 e. The fourth-order valence-corrected chi connectivity index (χ4v) is 2.32. The van der Waals surface area contributed by atoms with E-state index in [1.54, 1.807) is 0 Å². The number of aromatic nitrogens is 1. The molecule has 0 saturated carbocycles. The lowest BCUT2D eigenvalue weighted by Crippen LogP contribution is -1.89. The van der Waals surface area contributed by atoms with Gasteiger partial charge >= 0.3 is 0 Å². The summed E-state index contributed by atoms with van der Waals surface area (Å²) in [6.07, 6.45) is 2.64. The second kappa shape index (κ2) is 4.61. The van der Waals surface area contributed by atoms with Crippen LogP contribution in [0.5, 0.6) is 0 Å². The molecule has 1 nitrogen and oxygen atoms in total. The van der Waals surface area contributed by atoms with Crippen molar-refractivity contribution in [2.75, 3.05) is 0 Å². The summed E-state index contributed by atoms with van der Waals surface area (Å²) in [5, 5.41) is 1.17. The number of hydrogen-bond donors (Lipinski definition) is 0. The summed E-state index contributed by atoms with van der Waals surface area (Å²) in [6, 6.07) is 18.8.